The molecule has 2 aromatic heterocycles. The number of nitrogens with zero attached hydrogens (tertiary/aromatic N) is 4. The number of carbonyl (C=O) groups is 2. The van der Waals surface area contributed by atoms with E-state index in [1.807, 2.05) is 30.3 Å². The summed E-state index contributed by atoms with van der Waals surface area (Å²) in [7, 11) is 0. The molecule has 1 amide bonds. The summed E-state index contributed by atoms with van der Waals surface area (Å²) in [6.45, 7) is 1.78. The first-order valence-corrected chi connectivity index (χ1v) is 8.84. The highest BCUT2D eigenvalue weighted by Gasteiger charge is 2.31. The Balaban J connectivity index is 1.59. The summed E-state index contributed by atoms with van der Waals surface area (Å²) in [5.74, 6) is -1.53. The van der Waals surface area contributed by atoms with Gasteiger partial charge in [0.05, 0.1) is 22.8 Å². The molecule has 8 heteroatoms. The van der Waals surface area contributed by atoms with E-state index in [9.17, 15) is 9.59 Å². The largest absolute Gasteiger partial charge is 0.481 e. The van der Waals surface area contributed by atoms with Crippen molar-refractivity contribution in [2.45, 2.75) is 32.2 Å². The molecule has 1 aromatic carbocycles. The lowest BCUT2D eigenvalue weighted by Crippen LogP contribution is -2.34. The van der Waals surface area contributed by atoms with Crippen molar-refractivity contribution in [3.05, 3.63) is 47.9 Å². The van der Waals surface area contributed by atoms with E-state index in [1.54, 1.807) is 17.8 Å². The molecule has 0 unspecified atom stereocenters. The summed E-state index contributed by atoms with van der Waals surface area (Å²) >= 11 is 0. The van der Waals surface area contributed by atoms with Crippen LogP contribution in [0, 0.1) is 12.8 Å². The molecule has 2 atom stereocenters. The number of para-hydroxylation sites is 1. The number of fused-ring (bicyclic) bond motifs is 1. The van der Waals surface area contributed by atoms with Gasteiger partial charge in [0.1, 0.15) is 0 Å². The molecular weight excluding hydrogens is 346 g/mol. The smallest absolute Gasteiger partial charge is 0.306 e. The van der Waals surface area contributed by atoms with Crippen molar-refractivity contribution in [2.24, 2.45) is 5.92 Å². The standard InChI is InChI=1S/C19H19N5O3/c1-11-16(18(25)21-14-8-7-13(10-14)19(26)27)22-23-24(11)15-6-2-4-12-5-3-9-20-17(12)15/h2-6,9,13-14H,7-8,10H2,1H3,(H,21,25)(H,26,27)/t13-,14+/m0/s1. The number of aromatic nitrogens is 4. The van der Waals surface area contributed by atoms with Gasteiger partial charge in [0.25, 0.3) is 5.91 Å². The molecule has 0 radical (unpaired) electrons. The van der Waals surface area contributed by atoms with Gasteiger partial charge in [0.15, 0.2) is 5.69 Å². The van der Waals surface area contributed by atoms with E-state index >= 15 is 0 Å². The van der Waals surface area contributed by atoms with Gasteiger partial charge in [-0.05, 0) is 38.3 Å². The van der Waals surface area contributed by atoms with Gasteiger partial charge < -0.3 is 10.4 Å². The predicted octanol–water partition coefficient (Wildman–Crippen LogP) is 2.11. The SMILES string of the molecule is Cc1c(C(=O)N[C@@H]2CC[C@H](C(=O)O)C2)nnn1-c1cccc2cccnc12. The fourth-order valence-electron chi connectivity index (χ4n) is 3.62. The average molecular weight is 365 g/mol. The predicted molar refractivity (Wildman–Crippen MR) is 97.6 cm³/mol. The third-order valence-electron chi connectivity index (χ3n) is 5.07. The van der Waals surface area contributed by atoms with Gasteiger partial charge in [-0.1, -0.05) is 23.4 Å². The molecule has 3 aromatic rings. The highest BCUT2D eigenvalue weighted by Crippen LogP contribution is 2.26. The van der Waals surface area contributed by atoms with Gasteiger partial charge in [-0.25, -0.2) is 4.68 Å². The van der Waals surface area contributed by atoms with Crippen molar-refractivity contribution in [2.75, 3.05) is 0 Å². The lowest BCUT2D eigenvalue weighted by molar-refractivity contribution is -0.141. The van der Waals surface area contributed by atoms with E-state index in [0.717, 1.165) is 16.6 Å². The molecule has 1 aliphatic rings. The molecule has 0 aliphatic heterocycles. The topological polar surface area (TPSA) is 110 Å². The maximum atomic E-state index is 12.6. The monoisotopic (exact) mass is 365 g/mol. The normalized spacial score (nSPS) is 19.3. The average Bonchev–Trinajstić information content (AvgIpc) is 3.28. The van der Waals surface area contributed by atoms with Gasteiger partial charge in [-0.15, -0.1) is 5.10 Å². The fourth-order valence-corrected chi connectivity index (χ4v) is 3.62. The number of aliphatic carboxylic acids is 1. The van der Waals surface area contributed by atoms with E-state index < -0.39 is 11.9 Å². The molecular formula is C19H19N5O3. The Kier molecular flexibility index (Phi) is 4.31. The number of hydrogen-bond acceptors (Lipinski definition) is 5. The van der Waals surface area contributed by atoms with Crippen LogP contribution in [0.4, 0.5) is 0 Å². The number of carboxylic acids is 1. The molecule has 2 heterocycles. The number of amides is 1. The molecule has 1 fully saturated rings. The zero-order chi connectivity index (χ0) is 19.0. The third kappa shape index (κ3) is 3.14. The van der Waals surface area contributed by atoms with Crippen LogP contribution in [0.25, 0.3) is 16.6 Å². The van der Waals surface area contributed by atoms with E-state index in [1.165, 1.54) is 0 Å². The quantitative estimate of drug-likeness (QED) is 0.733. The van der Waals surface area contributed by atoms with E-state index in [4.69, 9.17) is 5.11 Å². The Morgan fingerprint density at radius 2 is 2.04 bits per heavy atom. The van der Waals surface area contributed by atoms with Crippen molar-refractivity contribution in [3.63, 3.8) is 0 Å². The Morgan fingerprint density at radius 3 is 2.81 bits per heavy atom. The maximum Gasteiger partial charge on any atom is 0.306 e. The van der Waals surface area contributed by atoms with E-state index in [-0.39, 0.29) is 17.6 Å². The second-order valence-corrected chi connectivity index (χ2v) is 6.81. The van der Waals surface area contributed by atoms with Gasteiger partial charge >= 0.3 is 5.97 Å². The van der Waals surface area contributed by atoms with Gasteiger partial charge in [0.2, 0.25) is 0 Å². The minimum Gasteiger partial charge on any atom is -0.481 e. The minimum atomic E-state index is -0.808. The molecule has 0 bridgehead atoms. The summed E-state index contributed by atoms with van der Waals surface area (Å²) < 4.78 is 1.61. The van der Waals surface area contributed by atoms with Crippen molar-refractivity contribution in [3.8, 4) is 5.69 Å². The number of carbonyl (C=O) groups excluding carboxylic acids is 1. The van der Waals surface area contributed by atoms with Crippen molar-refractivity contribution in [1.82, 2.24) is 25.3 Å². The summed E-state index contributed by atoms with van der Waals surface area (Å²) in [6.07, 6.45) is 3.39. The van der Waals surface area contributed by atoms with Crippen molar-refractivity contribution >= 4 is 22.8 Å². The second kappa shape index (κ2) is 6.79. The molecule has 0 saturated heterocycles. The van der Waals surface area contributed by atoms with Crippen LogP contribution in [0.2, 0.25) is 0 Å². The van der Waals surface area contributed by atoms with Crippen molar-refractivity contribution < 1.29 is 14.7 Å². The second-order valence-electron chi connectivity index (χ2n) is 6.81. The van der Waals surface area contributed by atoms with Crippen LogP contribution < -0.4 is 5.32 Å². The first-order chi connectivity index (χ1) is 13.0. The Bertz CT molecular complexity index is 1020. The van der Waals surface area contributed by atoms with Crippen LogP contribution >= 0.6 is 0 Å². The summed E-state index contributed by atoms with van der Waals surface area (Å²) in [4.78, 5) is 28.1. The summed E-state index contributed by atoms with van der Waals surface area (Å²) in [5.41, 5.74) is 2.38. The van der Waals surface area contributed by atoms with Crippen LogP contribution in [-0.4, -0.2) is 43.0 Å². The molecule has 4 rings (SSSR count). The van der Waals surface area contributed by atoms with Gasteiger partial charge in [-0.3, -0.25) is 14.6 Å². The van der Waals surface area contributed by atoms with Crippen LogP contribution in [0.5, 0.6) is 0 Å². The highest BCUT2D eigenvalue weighted by molar-refractivity contribution is 5.94. The Morgan fingerprint density at radius 1 is 1.22 bits per heavy atom. The molecule has 138 valence electrons. The zero-order valence-electron chi connectivity index (χ0n) is 14.8. The van der Waals surface area contributed by atoms with Crippen LogP contribution in [0.15, 0.2) is 36.5 Å². The van der Waals surface area contributed by atoms with Gasteiger partial charge in [0, 0.05) is 17.6 Å². The van der Waals surface area contributed by atoms with Crippen LogP contribution in [0.1, 0.15) is 35.4 Å². The third-order valence-corrected chi connectivity index (χ3v) is 5.07. The zero-order valence-corrected chi connectivity index (χ0v) is 14.8. The van der Waals surface area contributed by atoms with E-state index in [0.29, 0.717) is 25.0 Å². The minimum absolute atomic E-state index is 0.151. The molecule has 27 heavy (non-hydrogen) atoms. The fraction of sp³-hybridized carbons (Fsp3) is 0.316. The van der Waals surface area contributed by atoms with Gasteiger partial charge in [-0.2, -0.15) is 0 Å². The lowest BCUT2D eigenvalue weighted by Gasteiger charge is -2.11. The van der Waals surface area contributed by atoms with Crippen molar-refractivity contribution in [1.29, 1.82) is 0 Å². The molecule has 0 spiro atoms. The molecule has 2 N–H and O–H groups in total. The van der Waals surface area contributed by atoms with E-state index in [2.05, 4.69) is 20.6 Å². The lowest BCUT2D eigenvalue weighted by atomic mass is 10.1. The number of carboxylic acid groups (broad SMARTS) is 1. The Labute approximate surface area is 155 Å². The number of pyridine rings is 1. The first-order valence-electron chi connectivity index (χ1n) is 8.84. The first kappa shape index (κ1) is 17.1. The number of rotatable bonds is 4. The van der Waals surface area contributed by atoms with Crippen LogP contribution in [-0.2, 0) is 4.79 Å². The Hall–Kier alpha value is -3.29. The highest BCUT2D eigenvalue weighted by atomic mass is 16.4. The summed E-state index contributed by atoms with van der Waals surface area (Å²) in [6, 6.07) is 9.43. The molecule has 1 aliphatic carbocycles. The summed E-state index contributed by atoms with van der Waals surface area (Å²) in [5, 5.41) is 21.2. The number of benzene rings is 1. The maximum absolute atomic E-state index is 12.6. The number of hydrogen-bond donors (Lipinski definition) is 2. The number of nitrogens with one attached hydrogen (secondary N) is 1. The van der Waals surface area contributed by atoms with Crippen LogP contribution in [0.3, 0.4) is 0 Å². The molecule has 1 saturated carbocycles. The molecule has 8 nitrogen and oxygen atoms in total.